The van der Waals surface area contributed by atoms with E-state index in [1.165, 1.54) is 11.3 Å². The van der Waals surface area contributed by atoms with E-state index >= 15 is 0 Å². The molecule has 0 saturated heterocycles. The molecule has 2 aromatic rings. The zero-order valence-electron chi connectivity index (χ0n) is 8.14. The van der Waals surface area contributed by atoms with Crippen LogP contribution in [0.1, 0.15) is 15.2 Å². The zero-order chi connectivity index (χ0) is 12.6. The molecular weight excluding hydrogens is 502 g/mol. The Kier molecular flexibility index (Phi) is 4.68. The maximum Gasteiger partial charge on any atom is 0.204 e. The molecule has 0 unspecified atom stereocenters. The molecule has 1 nitrogen and oxygen atoms in total. The Morgan fingerprint density at radius 1 is 1.29 bits per heavy atom. The van der Waals surface area contributed by atoms with Gasteiger partial charge in [-0.3, -0.25) is 4.79 Å². The molecular formula is C11H4Br2ClIOS. The number of halogens is 4. The second-order valence-corrected chi connectivity index (χ2v) is 8.06. The summed E-state index contributed by atoms with van der Waals surface area (Å²) in [5.74, 6) is -0.0204. The number of carbonyl (C=O) groups is 1. The summed E-state index contributed by atoms with van der Waals surface area (Å²) in [6.07, 6.45) is 0. The van der Waals surface area contributed by atoms with Crippen LogP contribution in [0.5, 0.6) is 0 Å². The maximum atomic E-state index is 12.3. The lowest BCUT2D eigenvalue weighted by atomic mass is 10.1. The van der Waals surface area contributed by atoms with Gasteiger partial charge in [-0.15, -0.1) is 11.3 Å². The average Bonchev–Trinajstić information content (AvgIpc) is 2.62. The molecule has 0 spiro atoms. The van der Waals surface area contributed by atoms with Crippen LogP contribution in [0.2, 0.25) is 5.02 Å². The molecule has 0 radical (unpaired) electrons. The number of carbonyl (C=O) groups excluding carboxylic acids is 1. The van der Waals surface area contributed by atoms with Gasteiger partial charge in [0.15, 0.2) is 0 Å². The molecule has 0 aliphatic rings. The highest BCUT2D eigenvalue weighted by Crippen LogP contribution is 2.34. The smallest absolute Gasteiger partial charge is 0.204 e. The van der Waals surface area contributed by atoms with E-state index in [1.807, 2.05) is 18.2 Å². The lowest BCUT2D eigenvalue weighted by molar-refractivity contribution is 0.104. The molecule has 0 aliphatic carbocycles. The third-order valence-electron chi connectivity index (χ3n) is 2.04. The van der Waals surface area contributed by atoms with E-state index in [2.05, 4.69) is 54.5 Å². The first-order valence-electron chi connectivity index (χ1n) is 4.43. The van der Waals surface area contributed by atoms with Gasteiger partial charge in [-0.25, -0.2) is 0 Å². The van der Waals surface area contributed by atoms with E-state index in [0.717, 1.165) is 11.8 Å². The third kappa shape index (κ3) is 3.12. The van der Waals surface area contributed by atoms with E-state index in [-0.39, 0.29) is 5.78 Å². The predicted octanol–water partition coefficient (Wildman–Crippen LogP) is 5.76. The van der Waals surface area contributed by atoms with Crippen molar-refractivity contribution in [3.05, 3.63) is 51.6 Å². The minimum Gasteiger partial charge on any atom is -0.288 e. The fraction of sp³-hybridized carbons (Fsp3) is 0. The molecule has 1 aromatic carbocycles. The van der Waals surface area contributed by atoms with Gasteiger partial charge in [0.25, 0.3) is 0 Å². The molecule has 0 N–H and O–H groups in total. The number of benzene rings is 1. The molecule has 0 bridgehead atoms. The first-order valence-corrected chi connectivity index (χ1v) is 8.29. The number of hydrogen-bond donors (Lipinski definition) is 0. The molecule has 6 heteroatoms. The van der Waals surface area contributed by atoms with Crippen molar-refractivity contribution in [3.8, 4) is 0 Å². The molecule has 0 saturated carbocycles. The Balaban J connectivity index is 2.47. The monoisotopic (exact) mass is 504 g/mol. The SMILES string of the molecule is O=C(c1cc(Cl)c(Br)s1)c1cc(I)ccc1Br. The van der Waals surface area contributed by atoms with E-state index < -0.39 is 0 Å². The predicted molar refractivity (Wildman–Crippen MR) is 87.3 cm³/mol. The van der Waals surface area contributed by atoms with Crippen LogP contribution in [0.25, 0.3) is 0 Å². The lowest BCUT2D eigenvalue weighted by Gasteiger charge is -2.02. The fourth-order valence-electron chi connectivity index (χ4n) is 1.26. The summed E-state index contributed by atoms with van der Waals surface area (Å²) in [7, 11) is 0. The van der Waals surface area contributed by atoms with Crippen LogP contribution in [0.3, 0.4) is 0 Å². The summed E-state index contributed by atoms with van der Waals surface area (Å²) in [5, 5.41) is 0.570. The van der Waals surface area contributed by atoms with Crippen molar-refractivity contribution in [2.45, 2.75) is 0 Å². The van der Waals surface area contributed by atoms with Crippen molar-refractivity contribution < 1.29 is 4.79 Å². The molecule has 17 heavy (non-hydrogen) atoms. The summed E-state index contributed by atoms with van der Waals surface area (Å²) in [6.45, 7) is 0. The molecule has 0 aliphatic heterocycles. The second-order valence-electron chi connectivity index (χ2n) is 3.19. The van der Waals surface area contributed by atoms with Gasteiger partial charge in [0, 0.05) is 13.6 Å². The van der Waals surface area contributed by atoms with Crippen molar-refractivity contribution in [3.63, 3.8) is 0 Å². The van der Waals surface area contributed by atoms with Gasteiger partial charge in [0.05, 0.1) is 13.7 Å². The minimum atomic E-state index is -0.0204. The molecule has 0 atom stereocenters. The third-order valence-corrected chi connectivity index (χ3v) is 5.88. The Hall–Kier alpha value is 0.570. The van der Waals surface area contributed by atoms with Gasteiger partial charge >= 0.3 is 0 Å². The summed E-state index contributed by atoms with van der Waals surface area (Å²) in [4.78, 5) is 12.9. The normalized spacial score (nSPS) is 10.6. The number of ketones is 1. The van der Waals surface area contributed by atoms with Crippen LogP contribution < -0.4 is 0 Å². The highest BCUT2D eigenvalue weighted by Gasteiger charge is 2.17. The van der Waals surface area contributed by atoms with Crippen LogP contribution in [0.4, 0.5) is 0 Å². The van der Waals surface area contributed by atoms with Gasteiger partial charge < -0.3 is 0 Å². The summed E-state index contributed by atoms with van der Waals surface area (Å²) in [5.41, 5.74) is 0.655. The van der Waals surface area contributed by atoms with E-state index in [4.69, 9.17) is 11.6 Å². The standard InChI is InChI=1S/C11H4Br2ClIOS/c12-7-2-1-5(15)3-6(7)10(16)9-4-8(14)11(13)17-9/h1-4H. The van der Waals surface area contributed by atoms with E-state index in [1.54, 1.807) is 6.07 Å². The molecule has 0 amide bonds. The molecule has 88 valence electrons. The van der Waals surface area contributed by atoms with E-state index in [0.29, 0.717) is 15.5 Å². The highest BCUT2D eigenvalue weighted by molar-refractivity contribution is 14.1. The van der Waals surface area contributed by atoms with Crippen LogP contribution >= 0.6 is 77.4 Å². The Bertz CT molecular complexity index is 578. The second kappa shape index (κ2) is 5.69. The first-order chi connectivity index (χ1) is 7.99. The quantitative estimate of drug-likeness (QED) is 0.374. The Morgan fingerprint density at radius 3 is 2.59 bits per heavy atom. The maximum absolute atomic E-state index is 12.3. The lowest BCUT2D eigenvalue weighted by Crippen LogP contribution is -2.00. The van der Waals surface area contributed by atoms with Crippen molar-refractivity contribution in [1.82, 2.24) is 0 Å². The van der Waals surface area contributed by atoms with Crippen molar-refractivity contribution in [2.24, 2.45) is 0 Å². The van der Waals surface area contributed by atoms with E-state index in [9.17, 15) is 4.79 Å². The largest absolute Gasteiger partial charge is 0.288 e. The van der Waals surface area contributed by atoms with Crippen LogP contribution in [-0.4, -0.2) is 5.78 Å². The zero-order valence-corrected chi connectivity index (χ0v) is 15.0. The van der Waals surface area contributed by atoms with Gasteiger partial charge in [-0.05, 0) is 62.8 Å². The summed E-state index contributed by atoms with van der Waals surface area (Å²) in [6, 6.07) is 7.36. The first kappa shape index (κ1) is 14.0. The van der Waals surface area contributed by atoms with Gasteiger partial charge in [-0.2, -0.15) is 0 Å². The fourth-order valence-corrected chi connectivity index (χ4v) is 3.84. The number of hydrogen-bond acceptors (Lipinski definition) is 2. The Morgan fingerprint density at radius 2 is 2.00 bits per heavy atom. The molecule has 1 aromatic heterocycles. The molecule has 0 fully saturated rings. The van der Waals surface area contributed by atoms with Crippen LogP contribution in [0.15, 0.2) is 32.5 Å². The average molecular weight is 506 g/mol. The van der Waals surface area contributed by atoms with Crippen molar-refractivity contribution in [1.29, 1.82) is 0 Å². The van der Waals surface area contributed by atoms with Crippen molar-refractivity contribution in [2.75, 3.05) is 0 Å². The molecule has 1 heterocycles. The van der Waals surface area contributed by atoms with Crippen molar-refractivity contribution >= 4 is 83.2 Å². The van der Waals surface area contributed by atoms with Gasteiger partial charge in [0.1, 0.15) is 0 Å². The Labute approximate surface area is 138 Å². The highest BCUT2D eigenvalue weighted by atomic mass is 127. The topological polar surface area (TPSA) is 17.1 Å². The van der Waals surface area contributed by atoms with Gasteiger partial charge in [-0.1, -0.05) is 27.5 Å². The number of rotatable bonds is 2. The minimum absolute atomic E-state index is 0.0204. The summed E-state index contributed by atoms with van der Waals surface area (Å²) < 4.78 is 2.60. The van der Waals surface area contributed by atoms with Crippen LogP contribution in [0, 0.1) is 3.57 Å². The van der Waals surface area contributed by atoms with Crippen LogP contribution in [-0.2, 0) is 0 Å². The van der Waals surface area contributed by atoms with Gasteiger partial charge in [0.2, 0.25) is 5.78 Å². The summed E-state index contributed by atoms with van der Waals surface area (Å²) >= 11 is 16.2. The molecule has 2 rings (SSSR count). The number of thiophene rings is 1.